The van der Waals surface area contributed by atoms with E-state index >= 15 is 0 Å². The van der Waals surface area contributed by atoms with Crippen LogP contribution >= 0.6 is 23.8 Å². The zero-order valence-corrected chi connectivity index (χ0v) is 17.9. The first-order valence-corrected chi connectivity index (χ1v) is 10.2. The molecule has 158 valence electrons. The normalized spacial score (nSPS) is 13.5. The first-order chi connectivity index (χ1) is 14.4. The number of nitrogens with zero attached hydrogens (tertiary/aromatic N) is 2. The van der Waals surface area contributed by atoms with Gasteiger partial charge in [-0.3, -0.25) is 20.2 Å². The zero-order valence-electron chi connectivity index (χ0n) is 16.3. The SMILES string of the molecule is COc1ccc(Cl)cc1NC(=S)NC(=O)c1ccc(N2CCCCC2)c([N+](=O)[O-])c1. The molecular formula is C20H21ClN4O4S. The summed E-state index contributed by atoms with van der Waals surface area (Å²) in [6.07, 6.45) is 3.10. The lowest BCUT2D eigenvalue weighted by Gasteiger charge is -2.28. The quantitative estimate of drug-likeness (QED) is 0.398. The van der Waals surface area contributed by atoms with Gasteiger partial charge in [0.05, 0.1) is 17.7 Å². The third kappa shape index (κ3) is 5.17. The van der Waals surface area contributed by atoms with E-state index in [4.69, 9.17) is 28.6 Å². The molecule has 0 radical (unpaired) electrons. The van der Waals surface area contributed by atoms with E-state index in [0.29, 0.717) is 22.1 Å². The van der Waals surface area contributed by atoms with Gasteiger partial charge >= 0.3 is 0 Å². The Morgan fingerprint density at radius 3 is 2.60 bits per heavy atom. The number of hydrogen-bond acceptors (Lipinski definition) is 6. The molecule has 1 saturated heterocycles. The fourth-order valence-corrected chi connectivity index (χ4v) is 3.69. The molecule has 30 heavy (non-hydrogen) atoms. The minimum absolute atomic E-state index is 0.0170. The van der Waals surface area contributed by atoms with Crippen LogP contribution < -0.4 is 20.3 Å². The molecule has 0 aromatic heterocycles. The number of rotatable bonds is 5. The van der Waals surface area contributed by atoms with Crippen molar-refractivity contribution in [3.63, 3.8) is 0 Å². The lowest BCUT2D eigenvalue weighted by molar-refractivity contribution is -0.384. The van der Waals surface area contributed by atoms with Gasteiger partial charge in [-0.05, 0) is 61.8 Å². The standard InChI is InChI=1S/C20H21ClN4O4S/c1-29-18-8-6-14(21)12-15(18)22-20(30)23-19(26)13-5-7-16(17(11-13)25(27)28)24-9-3-2-4-10-24/h5-8,11-12H,2-4,9-10H2,1H3,(H2,22,23,26,30). The summed E-state index contributed by atoms with van der Waals surface area (Å²) in [6.45, 7) is 1.53. The Kier molecular flexibility index (Phi) is 7.07. The van der Waals surface area contributed by atoms with E-state index in [9.17, 15) is 14.9 Å². The van der Waals surface area contributed by atoms with Crippen LogP contribution in [-0.4, -0.2) is 36.1 Å². The van der Waals surface area contributed by atoms with Crippen LogP contribution in [0.3, 0.4) is 0 Å². The number of methoxy groups -OCH3 is 1. The second-order valence-electron chi connectivity index (χ2n) is 6.76. The Bertz CT molecular complexity index is 979. The number of ether oxygens (including phenoxy) is 1. The average Bonchev–Trinajstić information content (AvgIpc) is 2.74. The molecule has 1 aliphatic heterocycles. The molecule has 0 saturated carbocycles. The highest BCUT2D eigenvalue weighted by Crippen LogP contribution is 2.31. The van der Waals surface area contributed by atoms with Crippen LogP contribution in [0.15, 0.2) is 36.4 Å². The maximum Gasteiger partial charge on any atom is 0.293 e. The van der Waals surface area contributed by atoms with Gasteiger partial charge in [0.25, 0.3) is 11.6 Å². The molecule has 3 rings (SSSR count). The smallest absolute Gasteiger partial charge is 0.293 e. The lowest BCUT2D eigenvalue weighted by atomic mass is 10.1. The topological polar surface area (TPSA) is 96.7 Å². The first-order valence-electron chi connectivity index (χ1n) is 9.38. The molecule has 1 amide bonds. The number of carbonyl (C=O) groups is 1. The molecule has 0 atom stereocenters. The number of nitrogens with one attached hydrogen (secondary N) is 2. The van der Waals surface area contributed by atoms with E-state index < -0.39 is 10.8 Å². The van der Waals surface area contributed by atoms with Crippen molar-refractivity contribution < 1.29 is 14.5 Å². The van der Waals surface area contributed by atoms with Crippen molar-refractivity contribution in [1.82, 2.24) is 5.32 Å². The number of halogens is 1. The number of anilines is 2. The van der Waals surface area contributed by atoms with Crippen LogP contribution in [0.1, 0.15) is 29.6 Å². The molecule has 8 nitrogen and oxygen atoms in total. The summed E-state index contributed by atoms with van der Waals surface area (Å²) < 4.78 is 5.23. The van der Waals surface area contributed by atoms with Gasteiger partial charge in [0.15, 0.2) is 5.11 Å². The lowest BCUT2D eigenvalue weighted by Crippen LogP contribution is -2.34. The molecule has 2 N–H and O–H groups in total. The molecule has 10 heteroatoms. The summed E-state index contributed by atoms with van der Waals surface area (Å²) in [7, 11) is 1.50. The van der Waals surface area contributed by atoms with Crippen molar-refractivity contribution >= 4 is 51.9 Å². The molecule has 0 unspecified atom stereocenters. The number of thiocarbonyl (C=S) groups is 1. The van der Waals surface area contributed by atoms with Gasteiger partial charge in [-0.2, -0.15) is 0 Å². The van der Waals surface area contributed by atoms with Crippen molar-refractivity contribution in [2.75, 3.05) is 30.4 Å². The zero-order chi connectivity index (χ0) is 21.7. The van der Waals surface area contributed by atoms with Crippen LogP contribution in [0.4, 0.5) is 17.1 Å². The van der Waals surface area contributed by atoms with Crippen LogP contribution in [0.5, 0.6) is 5.75 Å². The van der Waals surface area contributed by atoms with Crippen LogP contribution in [0, 0.1) is 10.1 Å². The maximum atomic E-state index is 12.6. The molecular weight excluding hydrogens is 428 g/mol. The molecule has 0 aliphatic carbocycles. The van der Waals surface area contributed by atoms with E-state index in [2.05, 4.69) is 10.6 Å². The molecule has 1 aliphatic rings. The largest absolute Gasteiger partial charge is 0.495 e. The number of nitro groups is 1. The highest BCUT2D eigenvalue weighted by atomic mass is 35.5. The molecule has 1 heterocycles. The van der Waals surface area contributed by atoms with E-state index in [1.165, 1.54) is 13.2 Å². The number of hydrogen-bond donors (Lipinski definition) is 2. The fraction of sp³-hybridized carbons (Fsp3) is 0.300. The van der Waals surface area contributed by atoms with E-state index in [-0.39, 0.29) is 16.4 Å². The summed E-state index contributed by atoms with van der Waals surface area (Å²) in [6, 6.07) is 9.40. The van der Waals surface area contributed by atoms with E-state index in [0.717, 1.165) is 32.4 Å². The Labute approximate surface area is 184 Å². The summed E-state index contributed by atoms with van der Waals surface area (Å²) in [4.78, 5) is 25.7. The highest BCUT2D eigenvalue weighted by Gasteiger charge is 2.23. The van der Waals surface area contributed by atoms with Crippen molar-refractivity contribution in [2.24, 2.45) is 0 Å². The monoisotopic (exact) mass is 448 g/mol. The third-order valence-electron chi connectivity index (χ3n) is 4.77. The number of carbonyl (C=O) groups excluding carboxylic acids is 1. The fourth-order valence-electron chi connectivity index (χ4n) is 3.32. The Morgan fingerprint density at radius 2 is 1.93 bits per heavy atom. The molecule has 0 bridgehead atoms. The van der Waals surface area contributed by atoms with Crippen molar-refractivity contribution in [2.45, 2.75) is 19.3 Å². The van der Waals surface area contributed by atoms with E-state index in [1.807, 2.05) is 4.90 Å². The molecule has 2 aromatic carbocycles. The van der Waals surface area contributed by atoms with Gasteiger partial charge in [0.1, 0.15) is 11.4 Å². The van der Waals surface area contributed by atoms with Crippen molar-refractivity contribution in [1.29, 1.82) is 0 Å². The summed E-state index contributed by atoms with van der Waals surface area (Å²) >= 11 is 11.2. The maximum absolute atomic E-state index is 12.6. The predicted molar refractivity (Wildman–Crippen MR) is 121 cm³/mol. The molecule has 2 aromatic rings. The Balaban J connectivity index is 1.75. The van der Waals surface area contributed by atoms with Crippen molar-refractivity contribution in [3.05, 3.63) is 57.1 Å². The molecule has 1 fully saturated rings. The third-order valence-corrected chi connectivity index (χ3v) is 5.21. The van der Waals surface area contributed by atoms with Gasteiger partial charge in [0.2, 0.25) is 0 Å². The highest BCUT2D eigenvalue weighted by molar-refractivity contribution is 7.80. The summed E-state index contributed by atoms with van der Waals surface area (Å²) in [5, 5.41) is 17.5. The number of nitro benzene ring substituents is 1. The minimum Gasteiger partial charge on any atom is -0.495 e. The predicted octanol–water partition coefficient (Wildman–Crippen LogP) is 4.37. The van der Waals surface area contributed by atoms with Crippen LogP contribution in [-0.2, 0) is 0 Å². The Hall–Kier alpha value is -2.91. The second kappa shape index (κ2) is 9.73. The number of piperidine rings is 1. The minimum atomic E-state index is -0.554. The van der Waals surface area contributed by atoms with Crippen LogP contribution in [0.2, 0.25) is 5.02 Å². The van der Waals surface area contributed by atoms with Gasteiger partial charge in [-0.1, -0.05) is 11.6 Å². The van der Waals surface area contributed by atoms with Gasteiger partial charge in [0, 0.05) is 29.7 Å². The number of benzene rings is 2. The number of amides is 1. The summed E-state index contributed by atoms with van der Waals surface area (Å²) in [5.74, 6) is -0.0562. The first kappa shape index (κ1) is 21.8. The van der Waals surface area contributed by atoms with Crippen LogP contribution in [0.25, 0.3) is 0 Å². The van der Waals surface area contributed by atoms with Gasteiger partial charge in [-0.25, -0.2) is 0 Å². The second-order valence-corrected chi connectivity index (χ2v) is 7.61. The van der Waals surface area contributed by atoms with E-state index in [1.54, 1.807) is 30.3 Å². The van der Waals surface area contributed by atoms with Gasteiger partial charge < -0.3 is 15.0 Å². The Morgan fingerprint density at radius 1 is 1.20 bits per heavy atom. The van der Waals surface area contributed by atoms with Gasteiger partial charge in [-0.15, -0.1) is 0 Å². The summed E-state index contributed by atoms with van der Waals surface area (Å²) in [5.41, 5.74) is 1.06. The molecule has 0 spiro atoms. The average molecular weight is 449 g/mol. The van der Waals surface area contributed by atoms with Crippen molar-refractivity contribution in [3.8, 4) is 5.75 Å².